The number of halogens is 2. The SMILES string of the molecule is O=C(OCc1nc2cc(Cl)ccc2c(=O)[nH]1)C1CCN(S(=O)(=O)c2ccc(F)cc2)CC1. The summed E-state index contributed by atoms with van der Waals surface area (Å²) in [4.78, 5) is 31.5. The highest BCUT2D eigenvalue weighted by molar-refractivity contribution is 7.89. The number of aromatic amines is 1. The Labute approximate surface area is 188 Å². The normalized spacial score (nSPS) is 15.7. The van der Waals surface area contributed by atoms with Crippen LogP contribution < -0.4 is 5.56 Å². The number of nitrogens with zero attached hydrogens (tertiary/aromatic N) is 2. The molecule has 1 fully saturated rings. The number of fused-ring (bicyclic) bond motifs is 1. The number of rotatable bonds is 5. The lowest BCUT2D eigenvalue weighted by Gasteiger charge is -2.30. The van der Waals surface area contributed by atoms with Gasteiger partial charge in [-0.3, -0.25) is 9.59 Å². The van der Waals surface area contributed by atoms with Crippen molar-refractivity contribution in [2.75, 3.05) is 13.1 Å². The summed E-state index contributed by atoms with van der Waals surface area (Å²) in [6, 6.07) is 9.32. The lowest BCUT2D eigenvalue weighted by atomic mass is 9.98. The summed E-state index contributed by atoms with van der Waals surface area (Å²) in [5, 5.41) is 0.806. The van der Waals surface area contributed by atoms with E-state index in [4.69, 9.17) is 16.3 Å². The first-order valence-electron chi connectivity index (χ1n) is 9.85. The van der Waals surface area contributed by atoms with Crippen molar-refractivity contribution in [2.24, 2.45) is 5.92 Å². The number of aromatic nitrogens is 2. The van der Waals surface area contributed by atoms with Gasteiger partial charge in [0.1, 0.15) is 18.2 Å². The predicted octanol–water partition coefficient (Wildman–Crippen LogP) is 2.86. The molecule has 0 unspecified atom stereocenters. The minimum atomic E-state index is -3.76. The van der Waals surface area contributed by atoms with Crippen molar-refractivity contribution in [2.45, 2.75) is 24.3 Å². The van der Waals surface area contributed by atoms with Gasteiger partial charge in [-0.1, -0.05) is 11.6 Å². The smallest absolute Gasteiger partial charge is 0.309 e. The van der Waals surface area contributed by atoms with Crippen LogP contribution in [0.5, 0.6) is 0 Å². The number of carbonyl (C=O) groups excluding carboxylic acids is 1. The number of sulfonamides is 1. The van der Waals surface area contributed by atoms with Crippen LogP contribution in [0.2, 0.25) is 5.02 Å². The third kappa shape index (κ3) is 4.67. The molecule has 0 aliphatic carbocycles. The molecule has 1 aliphatic rings. The highest BCUT2D eigenvalue weighted by Gasteiger charge is 2.32. The largest absolute Gasteiger partial charge is 0.457 e. The van der Waals surface area contributed by atoms with Crippen molar-refractivity contribution < 1.29 is 22.3 Å². The number of hydrogen-bond acceptors (Lipinski definition) is 6. The van der Waals surface area contributed by atoms with Crippen LogP contribution in [0, 0.1) is 11.7 Å². The fraction of sp³-hybridized carbons (Fsp3) is 0.286. The molecular formula is C21H19ClFN3O5S. The molecule has 1 saturated heterocycles. The quantitative estimate of drug-likeness (QED) is 0.563. The van der Waals surface area contributed by atoms with E-state index in [0.717, 1.165) is 12.1 Å². The predicted molar refractivity (Wildman–Crippen MR) is 115 cm³/mol. The maximum absolute atomic E-state index is 13.1. The van der Waals surface area contributed by atoms with Gasteiger partial charge in [0.15, 0.2) is 0 Å². The van der Waals surface area contributed by atoms with Crippen LogP contribution in [-0.2, 0) is 26.2 Å². The maximum Gasteiger partial charge on any atom is 0.309 e. The summed E-state index contributed by atoms with van der Waals surface area (Å²) in [6.45, 7) is 0.0662. The molecule has 11 heteroatoms. The summed E-state index contributed by atoms with van der Waals surface area (Å²) in [5.74, 6) is -1.29. The van der Waals surface area contributed by atoms with Crippen molar-refractivity contribution >= 4 is 38.5 Å². The van der Waals surface area contributed by atoms with Crippen molar-refractivity contribution in [3.05, 3.63) is 69.5 Å². The first kappa shape index (κ1) is 22.4. The molecule has 1 aliphatic heterocycles. The summed E-state index contributed by atoms with van der Waals surface area (Å²) < 4.78 is 45.0. The molecule has 0 atom stereocenters. The number of hydrogen-bond donors (Lipinski definition) is 1. The Morgan fingerprint density at radius 2 is 1.88 bits per heavy atom. The topological polar surface area (TPSA) is 109 Å². The molecule has 0 radical (unpaired) electrons. The summed E-state index contributed by atoms with van der Waals surface area (Å²) in [5.41, 5.74) is 0.0311. The molecule has 0 bridgehead atoms. The third-order valence-electron chi connectivity index (χ3n) is 5.31. The molecule has 0 spiro atoms. The number of carbonyl (C=O) groups is 1. The molecule has 0 amide bonds. The van der Waals surface area contributed by atoms with Gasteiger partial charge < -0.3 is 9.72 Å². The van der Waals surface area contributed by atoms with Crippen LogP contribution in [0.15, 0.2) is 52.2 Å². The standard InChI is InChI=1S/C21H19ClFN3O5S/c22-14-1-6-17-18(11-14)24-19(25-20(17)27)12-31-21(28)13-7-9-26(10-8-13)32(29,30)16-4-2-15(23)3-5-16/h1-6,11,13H,7-10,12H2,(H,24,25,27). The lowest BCUT2D eigenvalue weighted by molar-refractivity contribution is -0.151. The van der Waals surface area contributed by atoms with Crippen LogP contribution in [-0.4, -0.2) is 41.7 Å². The van der Waals surface area contributed by atoms with Gasteiger partial charge in [0.2, 0.25) is 10.0 Å². The molecule has 3 aromatic rings. The Kier molecular flexibility index (Phi) is 6.27. The van der Waals surface area contributed by atoms with Gasteiger partial charge in [0.25, 0.3) is 5.56 Å². The van der Waals surface area contributed by atoms with Crippen LogP contribution >= 0.6 is 11.6 Å². The van der Waals surface area contributed by atoms with Crippen LogP contribution in [0.4, 0.5) is 4.39 Å². The van der Waals surface area contributed by atoms with Gasteiger partial charge in [-0.15, -0.1) is 0 Å². The Balaban J connectivity index is 1.36. The summed E-state index contributed by atoms with van der Waals surface area (Å²) >= 11 is 5.94. The molecule has 1 N–H and O–H groups in total. The van der Waals surface area contributed by atoms with Gasteiger partial charge in [-0.05, 0) is 55.3 Å². The molecule has 2 aromatic carbocycles. The first-order valence-corrected chi connectivity index (χ1v) is 11.7. The first-order chi connectivity index (χ1) is 15.2. The monoisotopic (exact) mass is 479 g/mol. The van der Waals surface area contributed by atoms with Crippen LogP contribution in [0.1, 0.15) is 18.7 Å². The molecule has 1 aromatic heterocycles. The molecular weight excluding hydrogens is 461 g/mol. The highest BCUT2D eigenvalue weighted by Crippen LogP contribution is 2.25. The third-order valence-corrected chi connectivity index (χ3v) is 7.46. The minimum absolute atomic E-state index is 0.00589. The van der Waals surface area contributed by atoms with E-state index in [1.165, 1.54) is 16.4 Å². The van der Waals surface area contributed by atoms with Crippen LogP contribution in [0.3, 0.4) is 0 Å². The number of H-pyrrole nitrogens is 1. The lowest BCUT2D eigenvalue weighted by Crippen LogP contribution is -2.40. The van der Waals surface area contributed by atoms with Gasteiger partial charge in [-0.25, -0.2) is 17.8 Å². The average molecular weight is 480 g/mol. The number of benzene rings is 2. The molecule has 168 valence electrons. The zero-order chi connectivity index (χ0) is 22.9. The van der Waals surface area contributed by atoms with Crippen molar-refractivity contribution in [1.82, 2.24) is 14.3 Å². The number of nitrogens with one attached hydrogen (secondary N) is 1. The maximum atomic E-state index is 13.1. The van der Waals surface area contributed by atoms with E-state index < -0.39 is 27.7 Å². The van der Waals surface area contributed by atoms with Gasteiger partial charge in [-0.2, -0.15) is 4.31 Å². The second-order valence-corrected chi connectivity index (χ2v) is 9.79. The van der Waals surface area contributed by atoms with E-state index in [2.05, 4.69) is 9.97 Å². The zero-order valence-electron chi connectivity index (χ0n) is 16.8. The molecule has 8 nitrogen and oxygen atoms in total. The van der Waals surface area contributed by atoms with Gasteiger partial charge in [0.05, 0.1) is 21.7 Å². The number of ether oxygens (including phenoxy) is 1. The molecule has 32 heavy (non-hydrogen) atoms. The van der Waals surface area contributed by atoms with E-state index in [9.17, 15) is 22.4 Å². The van der Waals surface area contributed by atoms with E-state index in [1.807, 2.05) is 0 Å². The van der Waals surface area contributed by atoms with Crippen molar-refractivity contribution in [1.29, 1.82) is 0 Å². The van der Waals surface area contributed by atoms with Crippen molar-refractivity contribution in [3.8, 4) is 0 Å². The van der Waals surface area contributed by atoms with Crippen LogP contribution in [0.25, 0.3) is 10.9 Å². The molecule has 4 rings (SSSR count). The van der Waals surface area contributed by atoms with E-state index in [1.54, 1.807) is 18.2 Å². The molecule has 2 heterocycles. The summed E-state index contributed by atoms with van der Waals surface area (Å²) in [6.07, 6.45) is 0.576. The van der Waals surface area contributed by atoms with Gasteiger partial charge in [0, 0.05) is 18.1 Å². The van der Waals surface area contributed by atoms with E-state index in [-0.39, 0.29) is 48.8 Å². The Hall–Kier alpha value is -2.82. The Morgan fingerprint density at radius 3 is 2.56 bits per heavy atom. The second kappa shape index (κ2) is 8.97. The van der Waals surface area contributed by atoms with E-state index in [0.29, 0.717) is 15.9 Å². The summed E-state index contributed by atoms with van der Waals surface area (Å²) in [7, 11) is -3.76. The second-order valence-electron chi connectivity index (χ2n) is 7.41. The fourth-order valence-corrected chi connectivity index (χ4v) is 5.21. The highest BCUT2D eigenvalue weighted by atomic mass is 35.5. The number of esters is 1. The van der Waals surface area contributed by atoms with Gasteiger partial charge >= 0.3 is 5.97 Å². The van der Waals surface area contributed by atoms with Crippen molar-refractivity contribution in [3.63, 3.8) is 0 Å². The average Bonchev–Trinajstić information content (AvgIpc) is 2.77. The minimum Gasteiger partial charge on any atom is -0.457 e. The Bertz CT molecular complexity index is 1320. The fourth-order valence-electron chi connectivity index (χ4n) is 3.57. The zero-order valence-corrected chi connectivity index (χ0v) is 18.3. The van der Waals surface area contributed by atoms with E-state index >= 15 is 0 Å². The number of piperidine rings is 1. The molecule has 0 saturated carbocycles. The Morgan fingerprint density at radius 1 is 1.19 bits per heavy atom.